The summed E-state index contributed by atoms with van der Waals surface area (Å²) in [6.45, 7) is 23.0. The van der Waals surface area contributed by atoms with Crippen LogP contribution in [0.4, 0.5) is 0 Å². The highest BCUT2D eigenvalue weighted by Crippen LogP contribution is 2.46. The SMILES string of the molecule is C=CCCCCCC1/C2=C/CCCCCCCC(=O)OC(C3OC(=O)CCCCCCCC4C=CC(CCCCC=C)C(CCCCCC=C)/C4=C/CCCCCCCC(=O)OC3C3COC(=O)CCCCCCC/C=C4\C(C=CC(CCCCC=C)C4CCCCCC=C)CCCCCCCC(=O)O3)COC(=O)CCCCCCCC2C=CC1CCCCC=C. The molecule has 13 unspecified atom stereocenters. The van der Waals surface area contributed by atoms with Crippen LogP contribution in [0.1, 0.15) is 443 Å². The molecule has 3 aliphatic heterocycles. The van der Waals surface area contributed by atoms with Crippen molar-refractivity contribution in [2.45, 2.75) is 467 Å². The van der Waals surface area contributed by atoms with Crippen LogP contribution in [0.25, 0.3) is 0 Å². The van der Waals surface area contributed by atoms with Crippen LogP contribution in [0.5, 0.6) is 0 Å². The van der Waals surface area contributed by atoms with Crippen LogP contribution < -0.4 is 0 Å². The maximum atomic E-state index is 15.0. The van der Waals surface area contributed by atoms with E-state index in [4.69, 9.17) is 28.4 Å². The van der Waals surface area contributed by atoms with Gasteiger partial charge in [0.15, 0.2) is 24.4 Å². The summed E-state index contributed by atoms with van der Waals surface area (Å²) in [4.78, 5) is 88.2. The Balaban J connectivity index is 1.29. The molecule has 12 nitrogen and oxygen atoms in total. The molecular weight excluding hydrogens is 1560 g/mol. The van der Waals surface area contributed by atoms with E-state index in [2.05, 4.69) is 94.2 Å². The summed E-state index contributed by atoms with van der Waals surface area (Å²) in [6, 6.07) is 0. The molecule has 13 atom stereocenters. The zero-order valence-corrected chi connectivity index (χ0v) is 80.0. The molecular formula is C114H182O12. The fraction of sp³-hybridized carbons (Fsp3) is 0.737. The van der Waals surface area contributed by atoms with E-state index in [0.29, 0.717) is 91.8 Å². The Labute approximate surface area is 769 Å². The molecule has 0 fully saturated rings. The number of esters is 6. The molecule has 12 heteroatoms. The molecule has 3 aliphatic carbocycles. The third-order valence-corrected chi connectivity index (χ3v) is 28.3. The third-order valence-electron chi connectivity index (χ3n) is 28.3. The van der Waals surface area contributed by atoms with E-state index in [1.54, 1.807) is 16.7 Å². The van der Waals surface area contributed by atoms with Crippen molar-refractivity contribution in [3.8, 4) is 0 Å². The number of fused-ring (bicyclic) bond motifs is 3. The number of carbonyl (C=O) groups is 6. The quantitative estimate of drug-likeness (QED) is 0.0256. The summed E-state index contributed by atoms with van der Waals surface area (Å²) >= 11 is 0. The monoisotopic (exact) mass is 1740 g/mol. The topological polar surface area (TPSA) is 158 Å². The van der Waals surface area contributed by atoms with Crippen LogP contribution in [-0.2, 0) is 57.2 Å². The summed E-state index contributed by atoms with van der Waals surface area (Å²) in [5, 5.41) is 0. The predicted octanol–water partition coefficient (Wildman–Crippen LogP) is 31.8. The number of hydrogen-bond acceptors (Lipinski definition) is 12. The lowest BCUT2D eigenvalue weighted by Crippen LogP contribution is -2.54. The lowest BCUT2D eigenvalue weighted by molar-refractivity contribution is -0.209. The summed E-state index contributed by atoms with van der Waals surface area (Å²) < 4.78 is 38.8. The molecule has 0 aromatic rings. The molecule has 0 spiro atoms. The van der Waals surface area contributed by atoms with Crippen LogP contribution in [0.3, 0.4) is 0 Å². The van der Waals surface area contributed by atoms with Gasteiger partial charge in [0.05, 0.1) is 0 Å². The Morgan fingerprint density at radius 2 is 0.476 bits per heavy atom. The van der Waals surface area contributed by atoms with Crippen LogP contribution in [-0.4, -0.2) is 73.4 Å². The number of unbranched alkanes of at least 4 members (excludes halogenated alkanes) is 15. The molecule has 0 aromatic carbocycles. The minimum atomic E-state index is -1.64. The maximum absolute atomic E-state index is 15.0. The Hall–Kier alpha value is -6.30. The molecule has 0 bridgehead atoms. The van der Waals surface area contributed by atoms with Gasteiger partial charge in [0, 0.05) is 38.5 Å². The average molecular weight is 1740 g/mol. The first-order valence-corrected chi connectivity index (χ1v) is 52.8. The lowest BCUT2D eigenvalue weighted by atomic mass is 9.69. The van der Waals surface area contributed by atoms with Gasteiger partial charge >= 0.3 is 35.8 Å². The van der Waals surface area contributed by atoms with E-state index in [9.17, 15) is 19.2 Å². The molecule has 3 heterocycles. The van der Waals surface area contributed by atoms with Crippen LogP contribution >= 0.6 is 0 Å². The third kappa shape index (κ3) is 47.0. The Bertz CT molecular complexity index is 3210. The molecule has 0 N–H and O–H groups in total. The lowest BCUT2D eigenvalue weighted by Gasteiger charge is -2.36. The van der Waals surface area contributed by atoms with Gasteiger partial charge in [-0.1, -0.05) is 300 Å². The van der Waals surface area contributed by atoms with E-state index in [1.807, 2.05) is 36.5 Å². The first-order valence-electron chi connectivity index (χ1n) is 52.8. The molecule has 6 aliphatic rings. The molecule has 0 saturated heterocycles. The molecule has 710 valence electrons. The smallest absolute Gasteiger partial charge is 0.306 e. The van der Waals surface area contributed by atoms with E-state index < -0.39 is 73.4 Å². The van der Waals surface area contributed by atoms with Gasteiger partial charge in [-0.2, -0.15) is 0 Å². The van der Waals surface area contributed by atoms with Crippen molar-refractivity contribution in [1.29, 1.82) is 0 Å². The van der Waals surface area contributed by atoms with Crippen molar-refractivity contribution >= 4 is 35.8 Å². The van der Waals surface area contributed by atoms with Crippen molar-refractivity contribution in [2.75, 3.05) is 13.2 Å². The Kier molecular flexibility index (Phi) is 61.5. The summed E-state index contributed by atoms with van der Waals surface area (Å²) in [7, 11) is 0. The van der Waals surface area contributed by atoms with E-state index >= 15 is 9.59 Å². The molecule has 0 radical (unpaired) electrons. The summed E-state index contributed by atoms with van der Waals surface area (Å²) in [5.74, 6) is 1.11. The van der Waals surface area contributed by atoms with Crippen LogP contribution in [0, 0.1) is 53.3 Å². The summed E-state index contributed by atoms with van der Waals surface area (Å²) in [5.41, 5.74) is 4.94. The fourth-order valence-corrected chi connectivity index (χ4v) is 21.0. The molecule has 0 amide bonds. The number of allylic oxidation sites excluding steroid dienone is 18. The van der Waals surface area contributed by atoms with Gasteiger partial charge in [0.25, 0.3) is 0 Å². The number of carbonyl (C=O) groups excluding carboxylic acids is 6. The zero-order valence-electron chi connectivity index (χ0n) is 80.0. The second kappa shape index (κ2) is 71.5. The van der Waals surface area contributed by atoms with E-state index in [-0.39, 0.29) is 38.5 Å². The molecule has 6 rings (SSSR count). The molecule has 0 saturated carbocycles. The first kappa shape index (κ1) is 108. The number of ether oxygens (including phenoxy) is 6. The fourth-order valence-electron chi connectivity index (χ4n) is 21.0. The predicted molar refractivity (Wildman–Crippen MR) is 524 cm³/mol. The Morgan fingerprint density at radius 1 is 0.246 bits per heavy atom. The average Bonchev–Trinajstić information content (AvgIpc) is 0.835. The number of cyclic esters (lactones) is 6. The molecule has 0 aromatic heterocycles. The van der Waals surface area contributed by atoms with Crippen molar-refractivity contribution in [3.05, 3.63) is 147 Å². The van der Waals surface area contributed by atoms with Crippen molar-refractivity contribution < 1.29 is 57.2 Å². The van der Waals surface area contributed by atoms with Gasteiger partial charge in [0.1, 0.15) is 13.2 Å². The van der Waals surface area contributed by atoms with Crippen molar-refractivity contribution in [1.82, 2.24) is 0 Å². The largest absolute Gasteiger partial charge is 0.462 e. The molecule has 126 heavy (non-hydrogen) atoms. The normalized spacial score (nSPS) is 28.4. The van der Waals surface area contributed by atoms with Gasteiger partial charge in [-0.05, 0) is 265 Å². The highest BCUT2D eigenvalue weighted by molar-refractivity contribution is 5.73. The number of hydrogen-bond donors (Lipinski definition) is 0. The first-order chi connectivity index (χ1) is 61.9. The highest BCUT2D eigenvalue weighted by atomic mass is 16.6. The van der Waals surface area contributed by atoms with Crippen molar-refractivity contribution in [2.24, 2.45) is 53.3 Å². The van der Waals surface area contributed by atoms with Crippen LogP contribution in [0.2, 0.25) is 0 Å². The second-order valence-corrected chi connectivity index (χ2v) is 38.6. The van der Waals surface area contributed by atoms with Gasteiger partial charge in [-0.3, -0.25) is 28.8 Å². The van der Waals surface area contributed by atoms with Gasteiger partial charge in [-0.25, -0.2) is 0 Å². The van der Waals surface area contributed by atoms with Crippen molar-refractivity contribution in [3.63, 3.8) is 0 Å². The Morgan fingerprint density at radius 3 is 0.754 bits per heavy atom. The van der Waals surface area contributed by atoms with Crippen LogP contribution in [0.15, 0.2) is 147 Å². The van der Waals surface area contributed by atoms with E-state index in [1.165, 1.54) is 135 Å². The number of rotatable bonds is 35. The summed E-state index contributed by atoms with van der Waals surface area (Å²) in [6.07, 6.45) is 93.8. The second-order valence-electron chi connectivity index (χ2n) is 38.6. The van der Waals surface area contributed by atoms with E-state index in [0.717, 1.165) is 231 Å². The van der Waals surface area contributed by atoms with Gasteiger partial charge in [-0.15, -0.1) is 39.5 Å². The standard InChI is InChI=1S/C114H182O12/c1-7-13-19-34-55-73-99-94(68-50-23-17-11-5)86-89-97-71-53-38-32-47-64-82-110(118)124-106(91-121-107(115)79-61-43-28-25-40-58-76-102(97)99)113-114(126-112(120)84-66-48-33-39-54-72-98-90-87-95(69-51-24-18-12-6)101(75-57-36-21-15-9-3)104(98)78-60-42-27-30-45-65-83-111(119)125-113)105-92-122-108(116)80-62-46-31-37-52-70-96-88-85-93(67-49-22-16-10-4)100(74-56-35-20-14-8-2)103(96)77-59-41-26-29-44-63-81-109(117)123-105/h7-12,76-78,85-90,93-101,105-106,113-114H,1-6,13-75,79-84,91-92H2/b102-76+,103-77+,104-78+. The highest BCUT2D eigenvalue weighted by Gasteiger charge is 2.46. The minimum Gasteiger partial charge on any atom is -0.462 e. The zero-order chi connectivity index (χ0) is 89.8. The van der Waals surface area contributed by atoms with Gasteiger partial charge in [0.2, 0.25) is 0 Å². The minimum absolute atomic E-state index is 0.00359. The van der Waals surface area contributed by atoms with Gasteiger partial charge < -0.3 is 28.4 Å². The maximum Gasteiger partial charge on any atom is 0.306 e.